The number of alkyl halides is 2. The molecule has 48 valence electrons. The Kier molecular flexibility index (Phi) is 2.38. The Morgan fingerprint density at radius 3 is 1.62 bits per heavy atom. The van der Waals surface area contributed by atoms with E-state index in [2.05, 4.69) is 31.9 Å². The van der Waals surface area contributed by atoms with Crippen LogP contribution in [0.2, 0.25) is 0 Å². The van der Waals surface area contributed by atoms with E-state index in [-0.39, 0.29) is 0 Å². The summed E-state index contributed by atoms with van der Waals surface area (Å²) in [6.45, 7) is 0. The van der Waals surface area contributed by atoms with Gasteiger partial charge >= 0.3 is 0 Å². The lowest BCUT2D eigenvalue weighted by atomic mass is 10.0. The second-order valence-corrected chi connectivity index (χ2v) is 6.52. The highest BCUT2D eigenvalue weighted by Gasteiger charge is 2.24. The largest absolute Gasteiger partial charge is 0.0805 e. The predicted octanol–water partition coefficient (Wildman–Crippen LogP) is 3.44. The van der Waals surface area contributed by atoms with Crippen molar-refractivity contribution in [1.82, 2.24) is 0 Å². The molecular formula is C6H10Br2. The van der Waals surface area contributed by atoms with Crippen LogP contribution < -0.4 is 0 Å². The second kappa shape index (κ2) is 2.70. The van der Waals surface area contributed by atoms with Gasteiger partial charge in [0.2, 0.25) is 0 Å². The molecule has 1 rings (SSSR count). The average Bonchev–Trinajstić information content (AvgIpc) is 1.65. The zero-order valence-electron chi connectivity index (χ0n) is 4.79. The molecule has 0 aromatic heterocycles. The van der Waals surface area contributed by atoms with E-state index in [1.165, 1.54) is 32.1 Å². The smallest absolute Gasteiger partial charge is 0.0727 e. The number of rotatable bonds is 0. The summed E-state index contributed by atoms with van der Waals surface area (Å²) in [7, 11) is 0. The van der Waals surface area contributed by atoms with Crippen LogP contribution >= 0.6 is 31.9 Å². The van der Waals surface area contributed by atoms with Crippen molar-refractivity contribution in [3.63, 3.8) is 0 Å². The number of hydrogen-bond acceptors (Lipinski definition) is 0. The van der Waals surface area contributed by atoms with Crippen molar-refractivity contribution >= 4 is 31.9 Å². The molecule has 0 amide bonds. The maximum absolute atomic E-state index is 3.61. The van der Waals surface area contributed by atoms with Gasteiger partial charge in [-0.05, 0) is 12.8 Å². The minimum atomic E-state index is 0.304. The lowest BCUT2D eigenvalue weighted by Gasteiger charge is -2.24. The Bertz CT molecular complexity index is 70.6. The summed E-state index contributed by atoms with van der Waals surface area (Å²) in [6, 6.07) is 0. The van der Waals surface area contributed by atoms with Crippen molar-refractivity contribution in [2.75, 3.05) is 0 Å². The van der Waals surface area contributed by atoms with Crippen LogP contribution in [-0.4, -0.2) is 3.23 Å². The zero-order chi connectivity index (χ0) is 6.04. The summed E-state index contributed by atoms with van der Waals surface area (Å²) >= 11 is 7.22. The molecule has 0 atom stereocenters. The fourth-order valence-corrected chi connectivity index (χ4v) is 2.19. The summed E-state index contributed by atoms with van der Waals surface area (Å²) in [5, 5.41) is 0. The topological polar surface area (TPSA) is 0 Å². The van der Waals surface area contributed by atoms with E-state index in [0.29, 0.717) is 3.23 Å². The van der Waals surface area contributed by atoms with Crippen LogP contribution in [0.25, 0.3) is 0 Å². The van der Waals surface area contributed by atoms with E-state index in [4.69, 9.17) is 0 Å². The third-order valence-corrected chi connectivity index (χ3v) is 3.17. The van der Waals surface area contributed by atoms with Gasteiger partial charge in [0.05, 0.1) is 3.23 Å². The molecule has 0 aliphatic heterocycles. The first-order valence-corrected chi connectivity index (χ1v) is 4.67. The van der Waals surface area contributed by atoms with Crippen molar-refractivity contribution in [3.05, 3.63) is 0 Å². The third-order valence-electron chi connectivity index (χ3n) is 1.59. The average molecular weight is 242 g/mol. The standard InChI is InChI=1S/C6H10Br2/c7-6(8)4-2-1-3-5-6/h1-5H2. The molecule has 1 aliphatic rings. The molecule has 1 fully saturated rings. The maximum atomic E-state index is 3.61. The first-order chi connectivity index (χ1) is 3.71. The molecule has 0 bridgehead atoms. The van der Waals surface area contributed by atoms with Crippen molar-refractivity contribution in [2.24, 2.45) is 0 Å². The van der Waals surface area contributed by atoms with Crippen molar-refractivity contribution < 1.29 is 0 Å². The first kappa shape index (κ1) is 7.07. The molecule has 0 unspecified atom stereocenters. The lowest BCUT2D eigenvalue weighted by molar-refractivity contribution is 0.503. The summed E-state index contributed by atoms with van der Waals surface area (Å²) in [5.74, 6) is 0. The molecule has 2 heteroatoms. The van der Waals surface area contributed by atoms with Gasteiger partial charge in [-0.2, -0.15) is 0 Å². The summed E-state index contributed by atoms with van der Waals surface area (Å²) in [6.07, 6.45) is 6.73. The summed E-state index contributed by atoms with van der Waals surface area (Å²) in [4.78, 5) is 0. The van der Waals surface area contributed by atoms with Gasteiger partial charge in [-0.15, -0.1) is 0 Å². The van der Waals surface area contributed by atoms with E-state index in [9.17, 15) is 0 Å². The van der Waals surface area contributed by atoms with Gasteiger partial charge in [0, 0.05) is 0 Å². The molecule has 1 aliphatic carbocycles. The van der Waals surface area contributed by atoms with Crippen molar-refractivity contribution in [1.29, 1.82) is 0 Å². The minimum absolute atomic E-state index is 0.304. The molecule has 0 saturated heterocycles. The zero-order valence-corrected chi connectivity index (χ0v) is 7.96. The molecule has 0 heterocycles. The van der Waals surface area contributed by atoms with Crippen LogP contribution in [0.1, 0.15) is 32.1 Å². The molecule has 0 N–H and O–H groups in total. The first-order valence-electron chi connectivity index (χ1n) is 3.09. The van der Waals surface area contributed by atoms with Crippen LogP contribution in [0.5, 0.6) is 0 Å². The molecule has 8 heavy (non-hydrogen) atoms. The van der Waals surface area contributed by atoms with Crippen LogP contribution in [-0.2, 0) is 0 Å². The highest BCUT2D eigenvalue weighted by molar-refractivity contribution is 9.25. The number of halogens is 2. The highest BCUT2D eigenvalue weighted by atomic mass is 79.9. The monoisotopic (exact) mass is 240 g/mol. The SMILES string of the molecule is BrC1(Br)CCCCC1. The van der Waals surface area contributed by atoms with Gasteiger partial charge in [0.15, 0.2) is 0 Å². The van der Waals surface area contributed by atoms with Gasteiger partial charge in [0.25, 0.3) is 0 Å². The van der Waals surface area contributed by atoms with Gasteiger partial charge in [-0.25, -0.2) is 0 Å². The van der Waals surface area contributed by atoms with Crippen molar-refractivity contribution in [2.45, 2.75) is 35.3 Å². The van der Waals surface area contributed by atoms with E-state index in [1.807, 2.05) is 0 Å². The Labute approximate surface area is 67.3 Å². The van der Waals surface area contributed by atoms with Crippen LogP contribution in [0.15, 0.2) is 0 Å². The Hall–Kier alpha value is 0.960. The predicted molar refractivity (Wildman–Crippen MR) is 43.7 cm³/mol. The van der Waals surface area contributed by atoms with E-state index in [0.717, 1.165) is 0 Å². The fraction of sp³-hybridized carbons (Fsp3) is 1.00. The summed E-state index contributed by atoms with van der Waals surface area (Å²) < 4.78 is 0.304. The van der Waals surface area contributed by atoms with Gasteiger partial charge < -0.3 is 0 Å². The summed E-state index contributed by atoms with van der Waals surface area (Å²) in [5.41, 5.74) is 0. The second-order valence-electron chi connectivity index (χ2n) is 2.42. The van der Waals surface area contributed by atoms with E-state index < -0.39 is 0 Å². The van der Waals surface area contributed by atoms with Crippen LogP contribution in [0.3, 0.4) is 0 Å². The Morgan fingerprint density at radius 2 is 1.38 bits per heavy atom. The molecule has 0 nitrogen and oxygen atoms in total. The lowest BCUT2D eigenvalue weighted by Crippen LogP contribution is -2.14. The Morgan fingerprint density at radius 1 is 0.875 bits per heavy atom. The van der Waals surface area contributed by atoms with E-state index >= 15 is 0 Å². The third kappa shape index (κ3) is 2.06. The van der Waals surface area contributed by atoms with E-state index in [1.54, 1.807) is 0 Å². The van der Waals surface area contributed by atoms with Crippen LogP contribution in [0.4, 0.5) is 0 Å². The fourth-order valence-electron chi connectivity index (χ4n) is 1.07. The van der Waals surface area contributed by atoms with Crippen LogP contribution in [0, 0.1) is 0 Å². The van der Waals surface area contributed by atoms with Gasteiger partial charge in [0.1, 0.15) is 0 Å². The minimum Gasteiger partial charge on any atom is -0.0727 e. The molecule has 1 saturated carbocycles. The molecular weight excluding hydrogens is 232 g/mol. The van der Waals surface area contributed by atoms with Crippen molar-refractivity contribution in [3.8, 4) is 0 Å². The highest BCUT2D eigenvalue weighted by Crippen LogP contribution is 2.40. The van der Waals surface area contributed by atoms with Gasteiger partial charge in [-0.3, -0.25) is 0 Å². The Balaban J connectivity index is 2.33. The van der Waals surface area contributed by atoms with Gasteiger partial charge in [-0.1, -0.05) is 51.1 Å². The molecule has 0 radical (unpaired) electrons. The molecule has 0 aromatic rings. The quantitative estimate of drug-likeness (QED) is 0.570. The maximum Gasteiger partial charge on any atom is 0.0805 e. The normalized spacial score (nSPS) is 27.8. The number of hydrogen-bond donors (Lipinski definition) is 0. The molecule has 0 spiro atoms. The molecule has 0 aromatic carbocycles.